The molecule has 7 nitrogen and oxygen atoms in total. The van der Waals surface area contributed by atoms with Gasteiger partial charge in [-0.05, 0) is 30.3 Å². The summed E-state index contributed by atoms with van der Waals surface area (Å²) in [4.78, 5) is 12.5. The minimum absolute atomic E-state index is 0.235. The van der Waals surface area contributed by atoms with Crippen molar-refractivity contribution in [1.82, 2.24) is 10.8 Å². The highest BCUT2D eigenvalue weighted by molar-refractivity contribution is 7.80. The van der Waals surface area contributed by atoms with Crippen LogP contribution in [0.3, 0.4) is 0 Å². The van der Waals surface area contributed by atoms with Gasteiger partial charge >= 0.3 is 0 Å². The number of methoxy groups -OCH3 is 1. The van der Waals surface area contributed by atoms with Crippen molar-refractivity contribution in [3.05, 3.63) is 65.4 Å². The first-order valence-electron chi connectivity index (χ1n) is 8.58. The molecule has 146 valence electrons. The van der Waals surface area contributed by atoms with E-state index in [-0.39, 0.29) is 16.7 Å². The van der Waals surface area contributed by atoms with Crippen LogP contribution < -0.4 is 15.5 Å². The Kier molecular flexibility index (Phi) is 6.59. The van der Waals surface area contributed by atoms with E-state index < -0.39 is 0 Å². The monoisotopic (exact) mass is 400 g/mol. The van der Waals surface area contributed by atoms with Crippen LogP contribution in [-0.2, 0) is 11.3 Å². The smallest absolute Gasteiger partial charge is 0.287 e. The molecule has 0 bridgehead atoms. The van der Waals surface area contributed by atoms with Crippen LogP contribution in [0.2, 0.25) is 0 Å². The SMILES string of the molecule is COCc1cccc2cc(C(=O)NCCOc3ccc(C(=S)NO)cc3)oc12. The first kappa shape index (κ1) is 19.8. The molecular formula is C20H20N2O5S. The molecule has 3 aromatic rings. The predicted molar refractivity (Wildman–Crippen MR) is 108 cm³/mol. The standard InChI is InChI=1S/C20H20N2O5S/c1-25-12-15-4-2-3-14-11-17(27-18(14)15)19(23)21-9-10-26-16-7-5-13(6-8-16)20(28)22-24/h2-8,11,24H,9-10,12H2,1H3,(H,21,23)(H,22,28). The maximum absolute atomic E-state index is 12.3. The van der Waals surface area contributed by atoms with Crippen molar-refractivity contribution >= 4 is 34.1 Å². The molecule has 0 atom stereocenters. The lowest BCUT2D eigenvalue weighted by Gasteiger charge is -2.08. The Bertz CT molecular complexity index is 968. The summed E-state index contributed by atoms with van der Waals surface area (Å²) < 4.78 is 16.4. The maximum atomic E-state index is 12.3. The highest BCUT2D eigenvalue weighted by atomic mass is 32.1. The van der Waals surface area contributed by atoms with E-state index in [0.29, 0.717) is 36.7 Å². The third-order valence-corrected chi connectivity index (χ3v) is 4.35. The molecule has 0 saturated heterocycles. The number of rotatable bonds is 8. The number of para-hydroxylation sites is 1. The zero-order chi connectivity index (χ0) is 19.9. The Morgan fingerprint density at radius 1 is 1.21 bits per heavy atom. The Balaban J connectivity index is 1.52. The van der Waals surface area contributed by atoms with Gasteiger partial charge in [0.05, 0.1) is 13.2 Å². The summed E-state index contributed by atoms with van der Waals surface area (Å²) in [5.74, 6) is 0.567. The number of nitrogens with one attached hydrogen (secondary N) is 2. The van der Waals surface area contributed by atoms with Gasteiger partial charge < -0.3 is 19.2 Å². The van der Waals surface area contributed by atoms with Gasteiger partial charge in [0.25, 0.3) is 5.91 Å². The fourth-order valence-corrected chi connectivity index (χ4v) is 2.83. The largest absolute Gasteiger partial charge is 0.492 e. The van der Waals surface area contributed by atoms with Crippen molar-refractivity contribution in [2.75, 3.05) is 20.3 Å². The van der Waals surface area contributed by atoms with Crippen molar-refractivity contribution in [3.8, 4) is 5.75 Å². The van der Waals surface area contributed by atoms with E-state index in [1.54, 1.807) is 37.4 Å². The van der Waals surface area contributed by atoms with Crippen LogP contribution in [0.4, 0.5) is 0 Å². The summed E-state index contributed by atoms with van der Waals surface area (Å²) in [6, 6.07) is 14.3. The zero-order valence-corrected chi connectivity index (χ0v) is 16.0. The number of carbonyl (C=O) groups is 1. The lowest BCUT2D eigenvalue weighted by molar-refractivity contribution is 0.0921. The quantitative estimate of drug-likeness (QED) is 0.304. The molecular weight excluding hydrogens is 380 g/mol. The van der Waals surface area contributed by atoms with E-state index in [9.17, 15) is 4.79 Å². The van der Waals surface area contributed by atoms with Crippen LogP contribution in [0.1, 0.15) is 21.7 Å². The molecule has 0 radical (unpaired) electrons. The molecule has 1 amide bonds. The number of thiocarbonyl (C=S) groups is 1. The van der Waals surface area contributed by atoms with Gasteiger partial charge in [0.15, 0.2) is 5.76 Å². The zero-order valence-electron chi connectivity index (χ0n) is 15.2. The highest BCUT2D eigenvalue weighted by Gasteiger charge is 2.14. The highest BCUT2D eigenvalue weighted by Crippen LogP contribution is 2.23. The van der Waals surface area contributed by atoms with Gasteiger partial charge in [0, 0.05) is 23.6 Å². The Labute approximate surface area is 167 Å². The summed E-state index contributed by atoms with van der Waals surface area (Å²) in [5.41, 5.74) is 4.15. The van der Waals surface area contributed by atoms with Gasteiger partial charge in [0.2, 0.25) is 0 Å². The Morgan fingerprint density at radius 2 is 2.00 bits per heavy atom. The van der Waals surface area contributed by atoms with Crippen molar-refractivity contribution in [2.45, 2.75) is 6.61 Å². The lowest BCUT2D eigenvalue weighted by atomic mass is 10.1. The van der Waals surface area contributed by atoms with E-state index in [2.05, 4.69) is 5.32 Å². The molecule has 1 heterocycles. The second-order valence-electron chi connectivity index (χ2n) is 5.95. The fourth-order valence-electron chi connectivity index (χ4n) is 2.69. The van der Waals surface area contributed by atoms with Crippen LogP contribution in [0, 0.1) is 0 Å². The molecule has 0 aliphatic carbocycles. The van der Waals surface area contributed by atoms with E-state index in [0.717, 1.165) is 10.9 Å². The molecule has 1 aromatic heterocycles. The number of fused-ring (bicyclic) bond motifs is 1. The first-order valence-corrected chi connectivity index (χ1v) is 8.99. The van der Waals surface area contributed by atoms with E-state index in [4.69, 9.17) is 31.3 Å². The molecule has 2 aromatic carbocycles. The Hall–Kier alpha value is -2.94. The predicted octanol–water partition coefficient (Wildman–Crippen LogP) is 3.04. The van der Waals surface area contributed by atoms with Crippen LogP contribution in [-0.4, -0.2) is 36.4 Å². The molecule has 0 aliphatic heterocycles. The van der Waals surface area contributed by atoms with Gasteiger partial charge in [-0.1, -0.05) is 30.4 Å². The van der Waals surface area contributed by atoms with Crippen LogP contribution in [0.5, 0.6) is 5.75 Å². The van der Waals surface area contributed by atoms with Gasteiger partial charge in [-0.15, -0.1) is 0 Å². The van der Waals surface area contributed by atoms with E-state index >= 15 is 0 Å². The summed E-state index contributed by atoms with van der Waals surface area (Å²) >= 11 is 4.93. The van der Waals surface area contributed by atoms with Crippen molar-refractivity contribution in [1.29, 1.82) is 0 Å². The molecule has 28 heavy (non-hydrogen) atoms. The van der Waals surface area contributed by atoms with Crippen molar-refractivity contribution in [3.63, 3.8) is 0 Å². The van der Waals surface area contributed by atoms with E-state index in [1.807, 2.05) is 23.7 Å². The van der Waals surface area contributed by atoms with Crippen molar-refractivity contribution in [2.24, 2.45) is 0 Å². The molecule has 0 fully saturated rings. The van der Waals surface area contributed by atoms with E-state index in [1.165, 1.54) is 0 Å². The average Bonchev–Trinajstić information content (AvgIpc) is 3.16. The summed E-state index contributed by atoms with van der Waals surface area (Å²) in [5, 5.41) is 12.4. The minimum Gasteiger partial charge on any atom is -0.492 e. The molecule has 0 aliphatic rings. The number of carbonyl (C=O) groups excluding carboxylic acids is 1. The second-order valence-corrected chi connectivity index (χ2v) is 6.36. The number of benzene rings is 2. The minimum atomic E-state index is -0.308. The van der Waals surface area contributed by atoms with Crippen LogP contribution >= 0.6 is 12.2 Å². The average molecular weight is 400 g/mol. The molecule has 0 spiro atoms. The summed E-state index contributed by atoms with van der Waals surface area (Å²) in [6.45, 7) is 1.03. The second kappa shape index (κ2) is 9.32. The number of amides is 1. The van der Waals surface area contributed by atoms with Gasteiger partial charge in [0.1, 0.15) is 22.9 Å². The first-order chi connectivity index (χ1) is 13.6. The summed E-state index contributed by atoms with van der Waals surface area (Å²) in [7, 11) is 1.61. The number of ether oxygens (including phenoxy) is 2. The third-order valence-electron chi connectivity index (χ3n) is 4.02. The third kappa shape index (κ3) is 4.66. The molecule has 3 N–H and O–H groups in total. The van der Waals surface area contributed by atoms with Gasteiger partial charge in [-0.25, -0.2) is 0 Å². The fraction of sp³-hybridized carbons (Fsp3) is 0.200. The Morgan fingerprint density at radius 3 is 2.71 bits per heavy atom. The van der Waals surface area contributed by atoms with Crippen LogP contribution in [0.15, 0.2) is 52.9 Å². The van der Waals surface area contributed by atoms with Gasteiger partial charge in [-0.3, -0.25) is 15.5 Å². The molecule has 0 unspecified atom stereocenters. The molecule has 0 saturated carbocycles. The van der Waals surface area contributed by atoms with Crippen LogP contribution in [0.25, 0.3) is 11.0 Å². The number of hydrogen-bond acceptors (Lipinski definition) is 6. The number of furan rings is 1. The normalized spacial score (nSPS) is 10.6. The lowest BCUT2D eigenvalue weighted by Crippen LogP contribution is -2.27. The number of hydrogen-bond donors (Lipinski definition) is 3. The number of hydroxylamine groups is 1. The maximum Gasteiger partial charge on any atom is 0.287 e. The molecule has 8 heteroatoms. The summed E-state index contributed by atoms with van der Waals surface area (Å²) in [6.07, 6.45) is 0. The van der Waals surface area contributed by atoms with Gasteiger partial charge in [-0.2, -0.15) is 0 Å². The topological polar surface area (TPSA) is 93.0 Å². The van der Waals surface area contributed by atoms with Crippen molar-refractivity contribution < 1.29 is 23.9 Å². The molecule has 3 rings (SSSR count).